The molecular formula is C35H42Cl2N4O7. The van der Waals surface area contributed by atoms with Gasteiger partial charge >= 0.3 is 17.9 Å². The average Bonchev–Trinajstić information content (AvgIpc) is 3.56. The molecule has 1 aliphatic heterocycles. The van der Waals surface area contributed by atoms with Crippen molar-refractivity contribution in [2.75, 3.05) is 18.4 Å². The number of aliphatic carboxylic acids is 3. The number of para-hydroxylation sites is 2. The zero-order valence-corrected chi connectivity index (χ0v) is 28.0. The van der Waals surface area contributed by atoms with Gasteiger partial charge < -0.3 is 31.3 Å². The molecule has 48 heavy (non-hydrogen) atoms. The summed E-state index contributed by atoms with van der Waals surface area (Å²) in [5, 5.41) is 35.0. The Bertz CT molecular complexity index is 1510. The van der Waals surface area contributed by atoms with Gasteiger partial charge in [-0.2, -0.15) is 0 Å². The SMILES string of the molecule is NCCCC[C@H](N[C@@H](CCc1ccccc1)C(=O)O)C(=O)N1CCC[C@H]1C(=O)O.O=C(O)Cc1ccccc1Nc1c(Cl)cccc1Cl. The first-order valence-electron chi connectivity index (χ1n) is 15.8. The minimum atomic E-state index is -1.02. The van der Waals surface area contributed by atoms with Crippen LogP contribution >= 0.6 is 23.2 Å². The number of nitrogens with zero attached hydrogens (tertiary/aromatic N) is 1. The molecule has 1 aliphatic rings. The van der Waals surface area contributed by atoms with Gasteiger partial charge in [-0.15, -0.1) is 0 Å². The second-order valence-corrected chi connectivity index (χ2v) is 12.2. The fourth-order valence-electron chi connectivity index (χ4n) is 5.45. The standard InChI is InChI=1S/C21H31N3O5.C14H11Cl2NO2/c22-13-5-4-9-16(19(25)24-14-6-10-18(24)21(28)29)23-17(20(26)27)12-11-15-7-2-1-3-8-15;15-10-5-3-6-11(16)14(10)17-12-7-2-1-4-9(12)8-13(18)19/h1-3,7-8,16-18,23H,4-6,9-14,22H2,(H,26,27)(H,28,29);1-7,17H,8H2,(H,18,19)/t16-,17-,18-;/m0./s1. The lowest BCUT2D eigenvalue weighted by molar-refractivity contribution is -0.149. The van der Waals surface area contributed by atoms with E-state index in [0.717, 1.165) is 12.0 Å². The van der Waals surface area contributed by atoms with Crippen LogP contribution in [0.4, 0.5) is 11.4 Å². The van der Waals surface area contributed by atoms with Crippen molar-refractivity contribution in [2.45, 2.75) is 69.5 Å². The lowest BCUT2D eigenvalue weighted by Gasteiger charge is -2.29. The summed E-state index contributed by atoms with van der Waals surface area (Å²) in [6.45, 7) is 0.866. The summed E-state index contributed by atoms with van der Waals surface area (Å²) in [6.07, 6.45) is 3.70. The molecule has 7 N–H and O–H groups in total. The van der Waals surface area contributed by atoms with Crippen molar-refractivity contribution >= 4 is 58.4 Å². The number of likely N-dealkylation sites (tertiary alicyclic amines) is 1. The lowest BCUT2D eigenvalue weighted by atomic mass is 10.0. The third-order valence-corrected chi connectivity index (χ3v) is 8.54. The van der Waals surface area contributed by atoms with Crippen LogP contribution in [0.1, 0.15) is 49.7 Å². The first-order chi connectivity index (χ1) is 23.0. The maximum atomic E-state index is 13.1. The quantitative estimate of drug-likeness (QED) is 0.103. The van der Waals surface area contributed by atoms with Gasteiger partial charge in [0, 0.05) is 12.2 Å². The minimum Gasteiger partial charge on any atom is -0.481 e. The van der Waals surface area contributed by atoms with E-state index in [1.807, 2.05) is 36.4 Å². The number of benzene rings is 3. The van der Waals surface area contributed by atoms with E-state index < -0.39 is 36.0 Å². The van der Waals surface area contributed by atoms with Gasteiger partial charge in [0.15, 0.2) is 0 Å². The molecular weight excluding hydrogens is 659 g/mol. The van der Waals surface area contributed by atoms with Crippen molar-refractivity contribution in [3.63, 3.8) is 0 Å². The molecule has 0 saturated carbocycles. The topological polar surface area (TPSA) is 182 Å². The summed E-state index contributed by atoms with van der Waals surface area (Å²) in [6, 6.07) is 19.4. The van der Waals surface area contributed by atoms with Gasteiger partial charge in [-0.1, -0.05) is 84.2 Å². The maximum Gasteiger partial charge on any atom is 0.326 e. The summed E-state index contributed by atoms with van der Waals surface area (Å²) in [4.78, 5) is 48.5. The summed E-state index contributed by atoms with van der Waals surface area (Å²) in [5.74, 6) is -3.26. The predicted octanol–water partition coefficient (Wildman–Crippen LogP) is 5.60. The highest BCUT2D eigenvalue weighted by molar-refractivity contribution is 6.39. The number of hydrogen-bond acceptors (Lipinski definition) is 7. The highest BCUT2D eigenvalue weighted by Gasteiger charge is 2.38. The number of hydrogen-bond donors (Lipinski definition) is 6. The summed E-state index contributed by atoms with van der Waals surface area (Å²) in [5.41, 5.74) is 8.50. The highest BCUT2D eigenvalue weighted by atomic mass is 35.5. The molecule has 3 aromatic rings. The molecule has 0 aliphatic carbocycles. The molecule has 0 bridgehead atoms. The summed E-state index contributed by atoms with van der Waals surface area (Å²) >= 11 is 12.1. The van der Waals surface area contributed by atoms with Crippen molar-refractivity contribution in [1.29, 1.82) is 0 Å². The number of nitrogens with one attached hydrogen (secondary N) is 2. The monoisotopic (exact) mass is 700 g/mol. The van der Waals surface area contributed by atoms with Crippen LogP contribution in [-0.2, 0) is 32.0 Å². The molecule has 1 amide bonds. The number of carbonyl (C=O) groups is 4. The first kappa shape index (κ1) is 38.3. The van der Waals surface area contributed by atoms with Crippen LogP contribution in [0.5, 0.6) is 0 Å². The van der Waals surface area contributed by atoms with Crippen LogP contribution in [0.25, 0.3) is 0 Å². The Labute approximate surface area is 290 Å². The number of anilines is 2. The Balaban J connectivity index is 0.000000284. The molecule has 1 heterocycles. The molecule has 258 valence electrons. The van der Waals surface area contributed by atoms with Crippen molar-refractivity contribution < 1.29 is 34.5 Å². The van der Waals surface area contributed by atoms with Gasteiger partial charge in [0.1, 0.15) is 12.1 Å². The Hall–Kier alpha value is -4.16. The van der Waals surface area contributed by atoms with Crippen LogP contribution in [0, 0.1) is 0 Å². The Morgan fingerprint density at radius 3 is 2.15 bits per heavy atom. The minimum absolute atomic E-state index is 0.0642. The number of aryl methyl sites for hydroxylation is 1. The smallest absolute Gasteiger partial charge is 0.326 e. The van der Waals surface area contributed by atoms with Crippen molar-refractivity contribution in [3.8, 4) is 0 Å². The third-order valence-electron chi connectivity index (χ3n) is 7.91. The lowest BCUT2D eigenvalue weighted by Crippen LogP contribution is -2.54. The summed E-state index contributed by atoms with van der Waals surface area (Å²) in [7, 11) is 0. The summed E-state index contributed by atoms with van der Waals surface area (Å²) < 4.78 is 0. The molecule has 3 atom stereocenters. The van der Waals surface area contributed by atoms with Gasteiger partial charge in [-0.3, -0.25) is 19.7 Å². The molecule has 3 aromatic carbocycles. The molecule has 11 nitrogen and oxygen atoms in total. The normalized spacial score (nSPS) is 15.1. The van der Waals surface area contributed by atoms with Gasteiger partial charge in [0.25, 0.3) is 0 Å². The number of unbranched alkanes of at least 4 members (excludes halogenated alkanes) is 1. The van der Waals surface area contributed by atoms with Gasteiger partial charge in [-0.25, -0.2) is 4.79 Å². The number of halogens is 2. The molecule has 13 heteroatoms. The highest BCUT2D eigenvalue weighted by Crippen LogP contribution is 2.33. The van der Waals surface area contributed by atoms with Gasteiger partial charge in [0.2, 0.25) is 5.91 Å². The fourth-order valence-corrected chi connectivity index (χ4v) is 5.94. The van der Waals surface area contributed by atoms with E-state index in [4.69, 9.17) is 34.0 Å². The van der Waals surface area contributed by atoms with E-state index >= 15 is 0 Å². The predicted molar refractivity (Wildman–Crippen MR) is 186 cm³/mol. The number of amides is 1. The molecule has 0 unspecified atom stereocenters. The second-order valence-electron chi connectivity index (χ2n) is 11.4. The number of carboxylic acid groups (broad SMARTS) is 3. The molecule has 1 saturated heterocycles. The van der Waals surface area contributed by atoms with E-state index in [9.17, 15) is 29.4 Å². The van der Waals surface area contributed by atoms with Gasteiger partial charge in [0.05, 0.1) is 28.2 Å². The van der Waals surface area contributed by atoms with Crippen molar-refractivity contribution in [1.82, 2.24) is 10.2 Å². The van der Waals surface area contributed by atoms with E-state index in [1.165, 1.54) is 4.90 Å². The van der Waals surface area contributed by atoms with Crippen LogP contribution in [0.3, 0.4) is 0 Å². The molecule has 1 fully saturated rings. The van der Waals surface area contributed by atoms with Crippen molar-refractivity contribution in [3.05, 3.63) is 94.0 Å². The first-order valence-corrected chi connectivity index (χ1v) is 16.5. The zero-order chi connectivity index (χ0) is 35.1. The number of nitrogens with two attached hydrogens (primary N) is 1. The van der Waals surface area contributed by atoms with Crippen LogP contribution in [0.2, 0.25) is 10.0 Å². The fraction of sp³-hybridized carbons (Fsp3) is 0.371. The number of carboxylic acids is 3. The maximum absolute atomic E-state index is 13.1. The van der Waals surface area contributed by atoms with E-state index in [2.05, 4.69) is 10.6 Å². The molecule has 0 spiro atoms. The largest absolute Gasteiger partial charge is 0.481 e. The van der Waals surface area contributed by atoms with E-state index in [0.29, 0.717) is 78.6 Å². The molecule has 4 rings (SSSR count). The second kappa shape index (κ2) is 19.6. The third kappa shape index (κ3) is 11.8. The Morgan fingerprint density at radius 1 is 0.854 bits per heavy atom. The number of rotatable bonds is 16. The Kier molecular flexibility index (Phi) is 15.6. The molecule has 0 radical (unpaired) electrons. The average molecular weight is 702 g/mol. The number of carbonyl (C=O) groups excluding carboxylic acids is 1. The van der Waals surface area contributed by atoms with E-state index in [1.54, 1.807) is 36.4 Å². The van der Waals surface area contributed by atoms with Crippen LogP contribution in [0.15, 0.2) is 72.8 Å². The Morgan fingerprint density at radius 2 is 1.52 bits per heavy atom. The van der Waals surface area contributed by atoms with Crippen LogP contribution < -0.4 is 16.4 Å². The zero-order valence-electron chi connectivity index (χ0n) is 26.5. The molecule has 0 aromatic heterocycles. The van der Waals surface area contributed by atoms with Crippen molar-refractivity contribution in [2.24, 2.45) is 5.73 Å². The van der Waals surface area contributed by atoms with Gasteiger partial charge in [-0.05, 0) is 74.4 Å². The van der Waals surface area contributed by atoms with E-state index in [-0.39, 0.29) is 12.3 Å². The van der Waals surface area contributed by atoms with Crippen LogP contribution in [-0.4, -0.2) is 75.2 Å².